The number of anilines is 1. The van der Waals surface area contributed by atoms with Crippen LogP contribution >= 0.6 is 11.6 Å². The van der Waals surface area contributed by atoms with E-state index in [4.69, 9.17) is 26.8 Å². The smallest absolute Gasteiger partial charge is 0.269 e. The first-order valence-electron chi connectivity index (χ1n) is 10.6. The van der Waals surface area contributed by atoms with Gasteiger partial charge in [0.25, 0.3) is 11.8 Å². The summed E-state index contributed by atoms with van der Waals surface area (Å²) in [7, 11) is 0. The highest BCUT2D eigenvalue weighted by atomic mass is 35.5. The summed E-state index contributed by atoms with van der Waals surface area (Å²) in [5.74, 6) is 0.191. The molecule has 9 nitrogen and oxygen atoms in total. The standard InChI is InChI=1S/C25H16ClN5O4/c26-19-11-28-8-7-16(19)25(33)29-14-3-1-13-2-5-17-22(24(27)32)30-31(23(17)18(13)9-14)15-4-6-20-21(10-15)35-12-34-20/h1-11H,12H2,(H2,27,32)(H,29,33). The molecule has 0 aliphatic carbocycles. The molecule has 0 saturated carbocycles. The van der Waals surface area contributed by atoms with E-state index in [0.29, 0.717) is 39.3 Å². The number of hydrogen-bond acceptors (Lipinski definition) is 6. The van der Waals surface area contributed by atoms with Crippen LogP contribution in [-0.4, -0.2) is 33.4 Å². The number of rotatable bonds is 4. The van der Waals surface area contributed by atoms with Gasteiger partial charge in [0.2, 0.25) is 6.79 Å². The highest BCUT2D eigenvalue weighted by Gasteiger charge is 2.21. The highest BCUT2D eigenvalue weighted by molar-refractivity contribution is 6.34. The zero-order chi connectivity index (χ0) is 24.1. The van der Waals surface area contributed by atoms with Crippen LogP contribution in [0.5, 0.6) is 11.5 Å². The molecular weight excluding hydrogens is 470 g/mol. The average molecular weight is 486 g/mol. The third kappa shape index (κ3) is 3.49. The number of primary amides is 1. The minimum absolute atomic E-state index is 0.137. The molecule has 0 saturated heterocycles. The molecule has 10 heteroatoms. The van der Waals surface area contributed by atoms with Crippen LogP contribution in [0.4, 0.5) is 5.69 Å². The van der Waals surface area contributed by atoms with E-state index in [9.17, 15) is 9.59 Å². The SMILES string of the molecule is NC(=O)c1nn(-c2ccc3c(c2)OCO3)c2c1ccc1ccc(NC(=O)c3ccncc3Cl)cc12. The molecule has 2 amide bonds. The second-order valence-electron chi connectivity index (χ2n) is 7.87. The summed E-state index contributed by atoms with van der Waals surface area (Å²) in [5.41, 5.74) is 7.96. The van der Waals surface area contributed by atoms with Crippen molar-refractivity contribution in [1.29, 1.82) is 0 Å². The molecule has 3 heterocycles. The largest absolute Gasteiger partial charge is 0.454 e. The summed E-state index contributed by atoms with van der Waals surface area (Å²) in [4.78, 5) is 28.9. The van der Waals surface area contributed by atoms with Gasteiger partial charge in [0, 0.05) is 34.9 Å². The third-order valence-corrected chi connectivity index (χ3v) is 6.07. The molecule has 5 aromatic rings. The van der Waals surface area contributed by atoms with Gasteiger partial charge in [-0.3, -0.25) is 14.6 Å². The summed E-state index contributed by atoms with van der Waals surface area (Å²) in [6.07, 6.45) is 2.91. The van der Waals surface area contributed by atoms with Crippen LogP contribution in [0.3, 0.4) is 0 Å². The molecule has 6 rings (SSSR count). The molecule has 172 valence electrons. The first-order chi connectivity index (χ1) is 17.0. The Morgan fingerprint density at radius 2 is 1.83 bits per heavy atom. The molecule has 1 aliphatic heterocycles. The van der Waals surface area contributed by atoms with Crippen LogP contribution < -0.4 is 20.5 Å². The first kappa shape index (κ1) is 20.9. The summed E-state index contributed by atoms with van der Waals surface area (Å²) in [6.45, 7) is 0.138. The lowest BCUT2D eigenvalue weighted by Crippen LogP contribution is -2.12. The van der Waals surface area contributed by atoms with Gasteiger partial charge in [0.15, 0.2) is 17.2 Å². The quantitative estimate of drug-likeness (QED) is 0.391. The van der Waals surface area contributed by atoms with E-state index in [1.807, 2.05) is 30.3 Å². The van der Waals surface area contributed by atoms with Crippen molar-refractivity contribution in [2.45, 2.75) is 0 Å². The molecule has 0 spiro atoms. The van der Waals surface area contributed by atoms with E-state index < -0.39 is 5.91 Å². The Morgan fingerprint density at radius 1 is 1.00 bits per heavy atom. The van der Waals surface area contributed by atoms with Crippen molar-refractivity contribution in [1.82, 2.24) is 14.8 Å². The van der Waals surface area contributed by atoms with Gasteiger partial charge in [-0.2, -0.15) is 5.10 Å². The Kier molecular flexibility index (Phi) is 4.78. The maximum atomic E-state index is 12.8. The van der Waals surface area contributed by atoms with Gasteiger partial charge in [-0.15, -0.1) is 0 Å². The van der Waals surface area contributed by atoms with Crippen molar-refractivity contribution in [3.8, 4) is 17.2 Å². The molecule has 2 aromatic heterocycles. The molecule has 1 aliphatic rings. The molecule has 0 radical (unpaired) electrons. The van der Waals surface area contributed by atoms with Gasteiger partial charge < -0.3 is 20.5 Å². The van der Waals surface area contributed by atoms with Gasteiger partial charge in [-0.05, 0) is 41.8 Å². The van der Waals surface area contributed by atoms with E-state index >= 15 is 0 Å². The summed E-state index contributed by atoms with van der Waals surface area (Å²) in [5, 5.41) is 9.87. The van der Waals surface area contributed by atoms with E-state index in [2.05, 4.69) is 15.4 Å². The van der Waals surface area contributed by atoms with Crippen molar-refractivity contribution in [3.63, 3.8) is 0 Å². The maximum Gasteiger partial charge on any atom is 0.269 e. The van der Waals surface area contributed by atoms with Gasteiger partial charge >= 0.3 is 0 Å². The number of carbonyl (C=O) groups is 2. The average Bonchev–Trinajstić information content (AvgIpc) is 3.48. The van der Waals surface area contributed by atoms with Gasteiger partial charge in [-0.25, -0.2) is 4.68 Å². The number of carbonyl (C=O) groups excluding carboxylic acids is 2. The molecule has 0 atom stereocenters. The predicted molar refractivity (Wildman–Crippen MR) is 130 cm³/mol. The van der Waals surface area contributed by atoms with Crippen LogP contribution in [0.1, 0.15) is 20.8 Å². The van der Waals surface area contributed by atoms with Crippen molar-refractivity contribution < 1.29 is 19.1 Å². The second-order valence-corrected chi connectivity index (χ2v) is 8.28. The van der Waals surface area contributed by atoms with Crippen LogP contribution in [0.25, 0.3) is 27.4 Å². The molecule has 3 N–H and O–H groups in total. The van der Waals surface area contributed by atoms with Crippen molar-refractivity contribution >= 4 is 50.8 Å². The summed E-state index contributed by atoms with van der Waals surface area (Å²) in [6, 6.07) is 16.1. The lowest BCUT2D eigenvalue weighted by atomic mass is 10.0. The van der Waals surface area contributed by atoms with E-state index in [1.165, 1.54) is 12.4 Å². The fourth-order valence-corrected chi connectivity index (χ4v) is 4.35. The van der Waals surface area contributed by atoms with Crippen LogP contribution in [0.2, 0.25) is 5.02 Å². The highest BCUT2D eigenvalue weighted by Crippen LogP contribution is 2.36. The second kappa shape index (κ2) is 8.00. The Hall–Kier alpha value is -4.63. The number of nitrogens with zero attached hydrogens (tertiary/aromatic N) is 3. The van der Waals surface area contributed by atoms with Gasteiger partial charge in [0.1, 0.15) is 0 Å². The normalized spacial score (nSPS) is 12.3. The summed E-state index contributed by atoms with van der Waals surface area (Å²) < 4.78 is 12.6. The molecule has 0 bridgehead atoms. The van der Waals surface area contributed by atoms with Crippen LogP contribution in [-0.2, 0) is 0 Å². The van der Waals surface area contributed by atoms with Crippen LogP contribution in [0.15, 0.2) is 67.0 Å². The van der Waals surface area contributed by atoms with Gasteiger partial charge in [-0.1, -0.05) is 23.7 Å². The molecule has 0 fully saturated rings. The number of aromatic nitrogens is 3. The first-order valence-corrected chi connectivity index (χ1v) is 10.9. The lowest BCUT2D eigenvalue weighted by molar-refractivity contribution is 0.0994. The van der Waals surface area contributed by atoms with E-state index in [-0.39, 0.29) is 23.4 Å². The zero-order valence-corrected chi connectivity index (χ0v) is 18.7. The number of pyridine rings is 1. The maximum absolute atomic E-state index is 12.8. The summed E-state index contributed by atoms with van der Waals surface area (Å²) >= 11 is 6.12. The minimum atomic E-state index is -0.648. The lowest BCUT2D eigenvalue weighted by Gasteiger charge is -2.10. The number of nitrogens with two attached hydrogens (primary N) is 1. The number of halogens is 1. The van der Waals surface area contributed by atoms with Crippen LogP contribution in [0, 0.1) is 0 Å². The van der Waals surface area contributed by atoms with Gasteiger partial charge in [0.05, 0.1) is 21.8 Å². The Bertz CT molecular complexity index is 1680. The monoisotopic (exact) mass is 485 g/mol. The number of hydrogen-bond donors (Lipinski definition) is 2. The Balaban J connectivity index is 1.53. The molecule has 35 heavy (non-hydrogen) atoms. The number of ether oxygens (including phenoxy) is 2. The fourth-order valence-electron chi connectivity index (χ4n) is 4.15. The van der Waals surface area contributed by atoms with Crippen molar-refractivity contribution in [2.24, 2.45) is 5.73 Å². The third-order valence-electron chi connectivity index (χ3n) is 5.77. The van der Waals surface area contributed by atoms with Crippen molar-refractivity contribution in [3.05, 3.63) is 83.3 Å². The minimum Gasteiger partial charge on any atom is -0.454 e. The topological polar surface area (TPSA) is 121 Å². The van der Waals surface area contributed by atoms with E-state index in [0.717, 1.165) is 10.8 Å². The van der Waals surface area contributed by atoms with E-state index in [1.54, 1.807) is 28.9 Å². The Morgan fingerprint density at radius 3 is 2.66 bits per heavy atom. The zero-order valence-electron chi connectivity index (χ0n) is 18.0. The Labute approximate surface area is 203 Å². The number of fused-ring (bicyclic) bond motifs is 4. The predicted octanol–water partition coefficient (Wildman–Crippen LogP) is 4.31. The fraction of sp³-hybridized carbons (Fsp3) is 0.0400. The molecular formula is C25H16ClN5O4. The molecule has 3 aromatic carbocycles. The molecule has 0 unspecified atom stereocenters. The number of benzene rings is 3. The van der Waals surface area contributed by atoms with Crippen molar-refractivity contribution in [2.75, 3.05) is 12.1 Å². The number of nitrogens with one attached hydrogen (secondary N) is 1. The number of amides is 2.